The van der Waals surface area contributed by atoms with E-state index in [1.807, 2.05) is 35.9 Å². The molecule has 1 aromatic rings. The Morgan fingerprint density at radius 1 is 1.33 bits per heavy atom. The number of nitrogens with one attached hydrogen (secondary N) is 1. The van der Waals surface area contributed by atoms with E-state index in [1.165, 1.54) is 0 Å². The molecule has 4 heteroatoms. The van der Waals surface area contributed by atoms with E-state index in [1.54, 1.807) is 16.9 Å². The normalized spacial score (nSPS) is 15.2. The van der Waals surface area contributed by atoms with Gasteiger partial charge in [0, 0.05) is 0 Å². The Labute approximate surface area is 75.4 Å². The van der Waals surface area contributed by atoms with E-state index < -0.39 is 0 Å². The Kier molecular flexibility index (Phi) is 2.18. The monoisotopic (exact) mass is 179 g/mol. The summed E-state index contributed by atoms with van der Waals surface area (Å²) in [5.74, 6) is 0.870. The van der Waals surface area contributed by atoms with Gasteiger partial charge in [0.2, 0.25) is 0 Å². The number of rotatable bonds is 2. The van der Waals surface area contributed by atoms with Crippen LogP contribution in [-0.2, 0) is 0 Å². The van der Waals surface area contributed by atoms with Gasteiger partial charge >= 0.3 is 0 Å². The largest absolute Gasteiger partial charge is 0.282 e. The van der Waals surface area contributed by atoms with Gasteiger partial charge in [0.25, 0.3) is 0 Å². The molecule has 0 atom stereocenters. The first-order valence-corrected chi connectivity index (χ1v) is 4.73. The molecule has 0 saturated carbocycles. The molecule has 3 nitrogen and oxygen atoms in total. The molecule has 0 spiro atoms. The number of nitrogens with zero attached hydrogens (tertiary/aromatic N) is 2. The summed E-state index contributed by atoms with van der Waals surface area (Å²) in [6.45, 7) is 0. The average Bonchev–Trinajstić information content (AvgIpc) is 2.59. The molecule has 1 aromatic carbocycles. The fourth-order valence-electron chi connectivity index (χ4n) is 0.950. The maximum atomic E-state index is 4.09. The first-order valence-electron chi connectivity index (χ1n) is 3.68. The molecule has 0 unspecified atom stereocenters. The predicted molar refractivity (Wildman–Crippen MR) is 52.9 cm³/mol. The summed E-state index contributed by atoms with van der Waals surface area (Å²) in [6, 6.07) is 10.0. The van der Waals surface area contributed by atoms with Crippen LogP contribution < -0.4 is 5.43 Å². The minimum Gasteiger partial charge on any atom is -0.282 e. The zero-order valence-corrected chi connectivity index (χ0v) is 7.29. The lowest BCUT2D eigenvalue weighted by Crippen LogP contribution is -2.20. The molecule has 0 aromatic heterocycles. The number of hydrogen-bond donors (Lipinski definition) is 1. The number of hydrazone groups is 1. The molecule has 0 fully saturated rings. The summed E-state index contributed by atoms with van der Waals surface area (Å²) < 4.78 is 0. The van der Waals surface area contributed by atoms with Crippen LogP contribution >= 0.6 is 11.8 Å². The van der Waals surface area contributed by atoms with Crippen LogP contribution in [0.1, 0.15) is 0 Å². The summed E-state index contributed by atoms with van der Waals surface area (Å²) in [6.07, 6.45) is 0. The maximum absolute atomic E-state index is 4.09. The molecule has 0 saturated heterocycles. The van der Waals surface area contributed by atoms with E-state index in [0.717, 1.165) is 11.6 Å². The quantitative estimate of drug-likeness (QED) is 0.752. The second-order valence-corrected chi connectivity index (χ2v) is 3.20. The zero-order chi connectivity index (χ0) is 8.23. The van der Waals surface area contributed by atoms with Crippen molar-refractivity contribution in [2.45, 2.75) is 0 Å². The minimum absolute atomic E-state index is 0.870. The standard InChI is InChI=1S/C8H9N3S/c1-2-4-8(5-3-1)10-11-7-12-6-9-11/h1-6,10H,7H2. The molecule has 1 aliphatic heterocycles. The van der Waals surface area contributed by atoms with Crippen molar-refractivity contribution < 1.29 is 0 Å². The van der Waals surface area contributed by atoms with Gasteiger partial charge in [-0.1, -0.05) is 30.0 Å². The van der Waals surface area contributed by atoms with E-state index in [2.05, 4.69) is 10.5 Å². The van der Waals surface area contributed by atoms with Crippen LogP contribution in [0.15, 0.2) is 35.4 Å². The first-order chi connectivity index (χ1) is 5.95. The third-order valence-corrected chi connectivity index (χ3v) is 2.13. The van der Waals surface area contributed by atoms with Crippen LogP contribution in [0.3, 0.4) is 0 Å². The summed E-state index contributed by atoms with van der Waals surface area (Å²) in [7, 11) is 0. The highest BCUT2D eigenvalue weighted by molar-refractivity contribution is 8.12. The number of hydrogen-bond acceptors (Lipinski definition) is 4. The summed E-state index contributed by atoms with van der Waals surface area (Å²) >= 11 is 1.67. The van der Waals surface area contributed by atoms with E-state index in [0.29, 0.717) is 0 Å². The molecule has 1 aliphatic rings. The molecule has 2 rings (SSSR count). The van der Waals surface area contributed by atoms with Crippen molar-refractivity contribution in [2.24, 2.45) is 5.10 Å². The van der Waals surface area contributed by atoms with Crippen molar-refractivity contribution in [3.63, 3.8) is 0 Å². The van der Waals surface area contributed by atoms with Crippen molar-refractivity contribution in [1.82, 2.24) is 5.12 Å². The molecular weight excluding hydrogens is 170 g/mol. The van der Waals surface area contributed by atoms with Gasteiger partial charge in [0.05, 0.1) is 11.2 Å². The van der Waals surface area contributed by atoms with Gasteiger partial charge < -0.3 is 0 Å². The highest BCUT2D eigenvalue weighted by Gasteiger charge is 2.04. The number of hydrazine groups is 1. The number of benzene rings is 1. The molecule has 12 heavy (non-hydrogen) atoms. The Morgan fingerprint density at radius 2 is 2.17 bits per heavy atom. The minimum atomic E-state index is 0.870. The SMILES string of the molecule is C1=NN(Nc2ccccc2)CS1. The third-order valence-electron chi connectivity index (χ3n) is 1.49. The van der Waals surface area contributed by atoms with Gasteiger partial charge in [-0.25, -0.2) is 0 Å². The predicted octanol–water partition coefficient (Wildman–Crippen LogP) is 1.96. The topological polar surface area (TPSA) is 27.6 Å². The van der Waals surface area contributed by atoms with Crippen molar-refractivity contribution >= 4 is 23.0 Å². The molecule has 1 N–H and O–H groups in total. The lowest BCUT2D eigenvalue weighted by Gasteiger charge is -2.14. The first kappa shape index (κ1) is 7.49. The van der Waals surface area contributed by atoms with Crippen LogP contribution in [0.4, 0.5) is 5.69 Å². The molecule has 0 aliphatic carbocycles. The zero-order valence-electron chi connectivity index (χ0n) is 6.47. The van der Waals surface area contributed by atoms with Crippen LogP contribution in [0, 0.1) is 0 Å². The summed E-state index contributed by atoms with van der Waals surface area (Å²) in [5.41, 5.74) is 6.05. The van der Waals surface area contributed by atoms with Crippen molar-refractivity contribution in [2.75, 3.05) is 11.3 Å². The van der Waals surface area contributed by atoms with E-state index in [4.69, 9.17) is 0 Å². The molecule has 0 radical (unpaired) electrons. The second-order valence-electron chi connectivity index (χ2n) is 2.39. The Balaban J connectivity index is 1.99. The lowest BCUT2D eigenvalue weighted by atomic mass is 10.3. The molecular formula is C8H9N3S. The third kappa shape index (κ3) is 1.71. The van der Waals surface area contributed by atoms with Crippen LogP contribution in [0.5, 0.6) is 0 Å². The Hall–Kier alpha value is -1.16. The van der Waals surface area contributed by atoms with Gasteiger partial charge in [0.15, 0.2) is 0 Å². The van der Waals surface area contributed by atoms with Crippen molar-refractivity contribution in [1.29, 1.82) is 0 Å². The lowest BCUT2D eigenvalue weighted by molar-refractivity contribution is 0.423. The van der Waals surface area contributed by atoms with Crippen LogP contribution in [-0.4, -0.2) is 16.5 Å². The Morgan fingerprint density at radius 3 is 2.83 bits per heavy atom. The van der Waals surface area contributed by atoms with E-state index in [-0.39, 0.29) is 0 Å². The number of para-hydroxylation sites is 1. The average molecular weight is 179 g/mol. The molecule has 0 amide bonds. The fourth-order valence-corrected chi connectivity index (χ4v) is 1.47. The van der Waals surface area contributed by atoms with Gasteiger partial charge in [-0.05, 0) is 12.1 Å². The maximum Gasteiger partial charge on any atom is 0.109 e. The Bertz CT molecular complexity index is 273. The van der Waals surface area contributed by atoms with Gasteiger partial charge in [-0.2, -0.15) is 10.2 Å². The number of anilines is 1. The van der Waals surface area contributed by atoms with Gasteiger partial charge in [-0.3, -0.25) is 5.43 Å². The fraction of sp³-hybridized carbons (Fsp3) is 0.125. The molecule has 62 valence electrons. The highest BCUT2D eigenvalue weighted by atomic mass is 32.2. The van der Waals surface area contributed by atoms with Crippen LogP contribution in [0.25, 0.3) is 0 Å². The van der Waals surface area contributed by atoms with E-state index >= 15 is 0 Å². The van der Waals surface area contributed by atoms with Gasteiger partial charge in [0.1, 0.15) is 5.88 Å². The highest BCUT2D eigenvalue weighted by Crippen LogP contribution is 2.13. The second kappa shape index (κ2) is 3.49. The summed E-state index contributed by atoms with van der Waals surface area (Å²) in [4.78, 5) is 0. The smallest absolute Gasteiger partial charge is 0.109 e. The van der Waals surface area contributed by atoms with E-state index in [9.17, 15) is 0 Å². The number of thioether (sulfide) groups is 1. The molecule has 1 heterocycles. The van der Waals surface area contributed by atoms with Gasteiger partial charge in [-0.15, -0.1) is 0 Å². The van der Waals surface area contributed by atoms with Crippen LogP contribution in [0.2, 0.25) is 0 Å². The van der Waals surface area contributed by atoms with Crippen molar-refractivity contribution in [3.8, 4) is 0 Å². The summed E-state index contributed by atoms with van der Waals surface area (Å²) in [5, 5.41) is 5.90. The van der Waals surface area contributed by atoms with Crippen molar-refractivity contribution in [3.05, 3.63) is 30.3 Å². The molecule has 0 bridgehead atoms.